The van der Waals surface area contributed by atoms with Crippen molar-refractivity contribution in [1.29, 1.82) is 0 Å². The number of hydrogen-bond acceptors (Lipinski definition) is 3. The number of benzene rings is 1. The van der Waals surface area contributed by atoms with Crippen LogP contribution in [0.1, 0.15) is 26.3 Å². The number of hydrogen-bond donors (Lipinski definition) is 2. The standard InChI is InChI=1S/C16H25N3O2/c1-12-7-6-8-13(9-12)17-10-15(21)19(5)11-14(20)18-16(2,3)4/h6-9,17H,10-11H2,1-5H3,(H,18,20). The van der Waals surface area contributed by atoms with E-state index >= 15 is 0 Å². The molecule has 1 aromatic carbocycles. The SMILES string of the molecule is Cc1cccc(NCC(=O)N(C)CC(=O)NC(C)(C)C)c1. The van der Waals surface area contributed by atoms with Gasteiger partial charge in [-0.2, -0.15) is 0 Å². The van der Waals surface area contributed by atoms with Crippen LogP contribution in [-0.4, -0.2) is 42.4 Å². The summed E-state index contributed by atoms with van der Waals surface area (Å²) in [5, 5.41) is 5.90. The molecule has 2 amide bonds. The van der Waals surface area contributed by atoms with Crippen LogP contribution in [0.3, 0.4) is 0 Å². The van der Waals surface area contributed by atoms with E-state index in [1.807, 2.05) is 52.0 Å². The Morgan fingerprint density at radius 2 is 1.90 bits per heavy atom. The summed E-state index contributed by atoms with van der Waals surface area (Å²) in [5.41, 5.74) is 1.74. The van der Waals surface area contributed by atoms with E-state index in [0.29, 0.717) is 0 Å². The second-order valence-electron chi connectivity index (χ2n) is 6.27. The van der Waals surface area contributed by atoms with Gasteiger partial charge in [-0.15, -0.1) is 0 Å². The molecule has 2 N–H and O–H groups in total. The van der Waals surface area contributed by atoms with E-state index in [9.17, 15) is 9.59 Å². The monoisotopic (exact) mass is 291 g/mol. The average molecular weight is 291 g/mol. The fourth-order valence-corrected chi connectivity index (χ4v) is 1.83. The second-order valence-corrected chi connectivity index (χ2v) is 6.27. The molecule has 0 unspecified atom stereocenters. The molecule has 0 aliphatic rings. The van der Waals surface area contributed by atoms with Crippen LogP contribution in [0.2, 0.25) is 0 Å². The molecule has 5 nitrogen and oxygen atoms in total. The first kappa shape index (κ1) is 17.0. The van der Waals surface area contributed by atoms with E-state index in [0.717, 1.165) is 11.3 Å². The van der Waals surface area contributed by atoms with Crippen molar-refractivity contribution in [1.82, 2.24) is 10.2 Å². The van der Waals surface area contributed by atoms with E-state index in [2.05, 4.69) is 10.6 Å². The van der Waals surface area contributed by atoms with E-state index in [1.165, 1.54) is 4.90 Å². The van der Waals surface area contributed by atoms with Gasteiger partial charge in [0.15, 0.2) is 0 Å². The third kappa shape index (κ3) is 6.79. The van der Waals surface area contributed by atoms with Gasteiger partial charge in [-0.25, -0.2) is 0 Å². The van der Waals surface area contributed by atoms with E-state index in [4.69, 9.17) is 0 Å². The van der Waals surface area contributed by atoms with Crippen molar-refractivity contribution >= 4 is 17.5 Å². The summed E-state index contributed by atoms with van der Waals surface area (Å²) in [6.45, 7) is 7.95. The van der Waals surface area contributed by atoms with Gasteiger partial charge >= 0.3 is 0 Å². The van der Waals surface area contributed by atoms with Crippen molar-refractivity contribution in [3.63, 3.8) is 0 Å². The Morgan fingerprint density at radius 1 is 1.24 bits per heavy atom. The molecule has 0 saturated heterocycles. The smallest absolute Gasteiger partial charge is 0.242 e. The Kier molecular flexibility index (Phi) is 5.76. The average Bonchev–Trinajstić information content (AvgIpc) is 2.33. The van der Waals surface area contributed by atoms with Gasteiger partial charge in [-0.1, -0.05) is 12.1 Å². The lowest BCUT2D eigenvalue weighted by Gasteiger charge is -2.23. The highest BCUT2D eigenvalue weighted by molar-refractivity contribution is 5.86. The maximum absolute atomic E-state index is 12.0. The molecule has 0 saturated carbocycles. The van der Waals surface area contributed by atoms with Gasteiger partial charge < -0.3 is 15.5 Å². The summed E-state index contributed by atoms with van der Waals surface area (Å²) < 4.78 is 0. The van der Waals surface area contributed by atoms with Crippen molar-refractivity contribution in [2.24, 2.45) is 0 Å². The number of rotatable bonds is 5. The number of nitrogens with one attached hydrogen (secondary N) is 2. The molecular weight excluding hydrogens is 266 g/mol. The topological polar surface area (TPSA) is 61.4 Å². The van der Waals surface area contributed by atoms with Crippen molar-refractivity contribution in [2.45, 2.75) is 33.2 Å². The van der Waals surface area contributed by atoms with Crippen LogP contribution in [0.5, 0.6) is 0 Å². The molecule has 0 aliphatic heterocycles. The first-order valence-corrected chi connectivity index (χ1v) is 7.03. The Hall–Kier alpha value is -2.04. The summed E-state index contributed by atoms with van der Waals surface area (Å²) in [6, 6.07) is 7.81. The molecule has 0 spiro atoms. The zero-order valence-corrected chi connectivity index (χ0v) is 13.5. The van der Waals surface area contributed by atoms with E-state index in [1.54, 1.807) is 7.05 Å². The maximum atomic E-state index is 12.0. The van der Waals surface area contributed by atoms with Gasteiger partial charge in [0.1, 0.15) is 0 Å². The first-order chi connectivity index (χ1) is 9.67. The molecule has 1 aromatic rings. The van der Waals surface area contributed by atoms with Crippen LogP contribution in [0, 0.1) is 6.92 Å². The van der Waals surface area contributed by atoms with Gasteiger partial charge in [0.25, 0.3) is 0 Å². The summed E-state index contributed by atoms with van der Waals surface area (Å²) in [7, 11) is 1.63. The number of carbonyl (C=O) groups excluding carboxylic acids is 2. The lowest BCUT2D eigenvalue weighted by molar-refractivity contribution is -0.133. The highest BCUT2D eigenvalue weighted by Gasteiger charge is 2.17. The summed E-state index contributed by atoms with van der Waals surface area (Å²) >= 11 is 0. The lowest BCUT2D eigenvalue weighted by Crippen LogP contribution is -2.47. The number of aryl methyl sites for hydroxylation is 1. The molecule has 0 radical (unpaired) electrons. The van der Waals surface area contributed by atoms with Crippen molar-refractivity contribution in [3.8, 4) is 0 Å². The van der Waals surface area contributed by atoms with Gasteiger partial charge in [0, 0.05) is 18.3 Å². The number of amides is 2. The number of anilines is 1. The van der Waals surface area contributed by atoms with Crippen LogP contribution >= 0.6 is 0 Å². The Morgan fingerprint density at radius 3 is 2.48 bits per heavy atom. The molecule has 1 rings (SSSR count). The highest BCUT2D eigenvalue weighted by Crippen LogP contribution is 2.09. The molecule has 116 valence electrons. The minimum atomic E-state index is -0.291. The zero-order chi connectivity index (χ0) is 16.0. The lowest BCUT2D eigenvalue weighted by atomic mass is 10.1. The number of carbonyl (C=O) groups is 2. The molecule has 0 bridgehead atoms. The number of nitrogens with zero attached hydrogens (tertiary/aromatic N) is 1. The molecule has 0 fully saturated rings. The molecule has 0 atom stereocenters. The van der Waals surface area contributed by atoms with Crippen LogP contribution < -0.4 is 10.6 Å². The Bertz CT molecular complexity index is 506. The van der Waals surface area contributed by atoms with Crippen molar-refractivity contribution in [2.75, 3.05) is 25.5 Å². The highest BCUT2D eigenvalue weighted by atomic mass is 16.2. The third-order valence-electron chi connectivity index (χ3n) is 2.78. The van der Waals surface area contributed by atoms with Crippen LogP contribution in [0.25, 0.3) is 0 Å². The van der Waals surface area contributed by atoms with E-state index in [-0.39, 0.29) is 30.4 Å². The molecule has 0 heterocycles. The zero-order valence-electron chi connectivity index (χ0n) is 13.5. The Balaban J connectivity index is 2.43. The largest absolute Gasteiger partial charge is 0.376 e. The van der Waals surface area contributed by atoms with Crippen molar-refractivity contribution in [3.05, 3.63) is 29.8 Å². The normalized spacial score (nSPS) is 10.9. The third-order valence-corrected chi connectivity index (χ3v) is 2.78. The molecular formula is C16H25N3O2. The molecule has 5 heteroatoms. The minimum absolute atomic E-state index is 0.0611. The van der Waals surface area contributed by atoms with Crippen LogP contribution in [-0.2, 0) is 9.59 Å². The van der Waals surface area contributed by atoms with Crippen molar-refractivity contribution < 1.29 is 9.59 Å². The summed E-state index contributed by atoms with van der Waals surface area (Å²) in [4.78, 5) is 25.2. The second kappa shape index (κ2) is 7.11. The van der Waals surface area contributed by atoms with Gasteiger partial charge in [0.2, 0.25) is 11.8 Å². The number of likely N-dealkylation sites (N-methyl/N-ethyl adjacent to an activating group) is 1. The van der Waals surface area contributed by atoms with Crippen LogP contribution in [0.15, 0.2) is 24.3 Å². The summed E-state index contributed by atoms with van der Waals surface area (Å²) in [5.74, 6) is -0.283. The molecule has 0 aromatic heterocycles. The molecule has 0 aliphatic carbocycles. The van der Waals surface area contributed by atoms with Gasteiger partial charge in [-0.05, 0) is 45.4 Å². The summed E-state index contributed by atoms with van der Waals surface area (Å²) in [6.07, 6.45) is 0. The maximum Gasteiger partial charge on any atom is 0.242 e. The van der Waals surface area contributed by atoms with Gasteiger partial charge in [0.05, 0.1) is 13.1 Å². The van der Waals surface area contributed by atoms with E-state index < -0.39 is 0 Å². The predicted octanol–water partition coefficient (Wildman–Crippen LogP) is 1.78. The fourth-order valence-electron chi connectivity index (χ4n) is 1.83. The van der Waals surface area contributed by atoms with Gasteiger partial charge in [-0.3, -0.25) is 9.59 Å². The molecule has 21 heavy (non-hydrogen) atoms. The Labute approximate surface area is 126 Å². The predicted molar refractivity (Wildman–Crippen MR) is 85.2 cm³/mol. The quantitative estimate of drug-likeness (QED) is 0.869. The van der Waals surface area contributed by atoms with Crippen LogP contribution in [0.4, 0.5) is 5.69 Å². The fraction of sp³-hybridized carbons (Fsp3) is 0.500. The first-order valence-electron chi connectivity index (χ1n) is 7.03. The minimum Gasteiger partial charge on any atom is -0.376 e.